The highest BCUT2D eigenvalue weighted by atomic mass is 16.8. The van der Waals surface area contributed by atoms with Crippen molar-refractivity contribution >= 4 is 11.8 Å². The molecule has 24 atom stereocenters. The zero-order valence-electron chi connectivity index (χ0n) is 38.9. The fourth-order valence-electron chi connectivity index (χ4n) is 14.7. The summed E-state index contributed by atoms with van der Waals surface area (Å²) >= 11 is 0. The van der Waals surface area contributed by atoms with Crippen LogP contribution in [0.2, 0.25) is 0 Å². The lowest BCUT2D eigenvalue weighted by Crippen LogP contribution is -2.69. The molecule has 0 radical (unpaired) electrons. The smallest absolute Gasteiger partial charge is 0.335 e. The predicted octanol–water partition coefficient (Wildman–Crippen LogP) is 0.523. The second kappa shape index (κ2) is 17.0. The van der Waals surface area contributed by atoms with Crippen molar-refractivity contribution in [1.29, 1.82) is 0 Å². The SMILES string of the molecule is C[C@@H]1O[C@@H](O[C@@H]2CC(C)(C)C[C@H]3C4=CC(=O)[C@@H]5[C@@]6(C)CC[C@H](O[C@@H]7O[C@H](C(=O)O)[C@@H](O)[C@H](O)[C@H]7O[C@@H]7OC[C@@H](O)[C@H](O)[C@H]7O)[C@](C)(CO)[C@@H]6CC[C@@]5(C)[C@]4(C)CC[C@@]23C)[C@H](O)[C@H](O)[C@H]1O. The second-order valence-corrected chi connectivity index (χ2v) is 23.1. The second-order valence-electron chi connectivity index (χ2n) is 23.1. The number of hydrogen-bond donors (Lipinski definition) is 10. The van der Waals surface area contributed by atoms with Crippen molar-refractivity contribution in [3.05, 3.63) is 11.6 Å². The lowest BCUT2D eigenvalue weighted by Gasteiger charge is -2.71. The zero-order valence-corrected chi connectivity index (χ0v) is 38.9. The summed E-state index contributed by atoms with van der Waals surface area (Å²) < 4.78 is 36.3. The molecule has 0 spiro atoms. The van der Waals surface area contributed by atoms with Crippen LogP contribution in [0.5, 0.6) is 0 Å². The van der Waals surface area contributed by atoms with Crippen molar-refractivity contribution in [3.8, 4) is 0 Å². The van der Waals surface area contributed by atoms with Crippen molar-refractivity contribution < 1.29 is 89.1 Å². The molecular weight excluding hydrogens is 852 g/mol. The van der Waals surface area contributed by atoms with E-state index in [0.29, 0.717) is 32.1 Å². The van der Waals surface area contributed by atoms with E-state index in [-0.39, 0.29) is 29.6 Å². The van der Waals surface area contributed by atoms with Crippen molar-refractivity contribution in [1.82, 2.24) is 0 Å². The molecule has 18 nitrogen and oxygen atoms in total. The Kier molecular flexibility index (Phi) is 13.0. The predicted molar refractivity (Wildman–Crippen MR) is 225 cm³/mol. The van der Waals surface area contributed by atoms with E-state index in [2.05, 4.69) is 41.5 Å². The number of aliphatic hydroxyl groups excluding tert-OH is 9. The molecule has 0 amide bonds. The summed E-state index contributed by atoms with van der Waals surface area (Å²) in [6, 6.07) is 0. The Hall–Kier alpha value is -1.72. The van der Waals surface area contributed by atoms with Gasteiger partial charge in [0.15, 0.2) is 30.8 Å². The summed E-state index contributed by atoms with van der Waals surface area (Å²) in [5.74, 6) is -2.32. The number of carboxylic acids is 1. The monoisotopic (exact) mass is 926 g/mol. The first kappa shape index (κ1) is 49.7. The van der Waals surface area contributed by atoms with Gasteiger partial charge >= 0.3 is 5.97 Å². The fourth-order valence-corrected chi connectivity index (χ4v) is 14.7. The fraction of sp³-hybridized carbons (Fsp3) is 0.915. The Bertz CT molecular complexity index is 1850. The zero-order chi connectivity index (χ0) is 47.7. The summed E-state index contributed by atoms with van der Waals surface area (Å²) in [6.07, 6.45) is -15.9. The number of carbonyl (C=O) groups is 2. The average molecular weight is 927 g/mol. The summed E-state index contributed by atoms with van der Waals surface area (Å²) in [4.78, 5) is 27.5. The molecule has 3 aliphatic heterocycles. The number of ketones is 1. The van der Waals surface area contributed by atoms with Crippen molar-refractivity contribution in [2.45, 2.75) is 205 Å². The highest BCUT2D eigenvalue weighted by Gasteiger charge is 2.72. The minimum atomic E-state index is -1.98. The van der Waals surface area contributed by atoms with Crippen LogP contribution in [-0.4, -0.2) is 174 Å². The Morgan fingerprint density at radius 1 is 0.708 bits per heavy atom. The molecule has 0 aromatic rings. The third kappa shape index (κ3) is 7.62. The number of hydrogen-bond acceptors (Lipinski definition) is 17. The molecule has 3 saturated heterocycles. The maximum absolute atomic E-state index is 15.2. The van der Waals surface area contributed by atoms with Crippen LogP contribution in [-0.2, 0) is 38.0 Å². The Morgan fingerprint density at radius 3 is 2.03 bits per heavy atom. The normalized spacial score (nSPS) is 55.5. The van der Waals surface area contributed by atoms with Gasteiger partial charge in [0, 0.05) is 16.7 Å². The van der Waals surface area contributed by atoms with E-state index in [1.807, 2.05) is 13.0 Å². The van der Waals surface area contributed by atoms with Crippen LogP contribution < -0.4 is 0 Å². The van der Waals surface area contributed by atoms with E-state index in [1.165, 1.54) is 0 Å². The molecule has 5 aliphatic carbocycles. The van der Waals surface area contributed by atoms with Gasteiger partial charge in [-0.15, -0.1) is 0 Å². The van der Waals surface area contributed by atoms with Gasteiger partial charge in [0.2, 0.25) is 0 Å². The van der Waals surface area contributed by atoms with Gasteiger partial charge in [-0.05, 0) is 97.9 Å². The molecule has 8 rings (SSSR count). The van der Waals surface area contributed by atoms with E-state index in [0.717, 1.165) is 24.8 Å². The van der Waals surface area contributed by atoms with E-state index in [9.17, 15) is 55.9 Å². The number of rotatable bonds is 8. The van der Waals surface area contributed by atoms with E-state index in [4.69, 9.17) is 28.4 Å². The minimum absolute atomic E-state index is 0.0257. The lowest BCUT2D eigenvalue weighted by atomic mass is 9.33. The third-order valence-corrected chi connectivity index (χ3v) is 18.8. The van der Waals surface area contributed by atoms with Gasteiger partial charge in [-0.25, -0.2) is 4.79 Å². The number of fused-ring (bicyclic) bond motifs is 7. The van der Waals surface area contributed by atoms with Crippen molar-refractivity contribution in [2.75, 3.05) is 13.2 Å². The number of carboxylic acid groups (broad SMARTS) is 1. The molecule has 18 heteroatoms. The third-order valence-electron chi connectivity index (χ3n) is 18.8. The number of carbonyl (C=O) groups excluding carboxylic acids is 1. The van der Waals surface area contributed by atoms with E-state index in [1.54, 1.807) is 6.92 Å². The first-order chi connectivity index (χ1) is 30.2. The van der Waals surface area contributed by atoms with Crippen molar-refractivity contribution in [3.63, 3.8) is 0 Å². The summed E-state index contributed by atoms with van der Waals surface area (Å²) in [6.45, 7) is 16.0. The average Bonchev–Trinajstić information content (AvgIpc) is 3.23. The van der Waals surface area contributed by atoms with Crippen molar-refractivity contribution in [2.24, 2.45) is 50.2 Å². The van der Waals surface area contributed by atoms with Crippen LogP contribution in [0.15, 0.2) is 11.6 Å². The molecule has 0 bridgehead atoms. The molecule has 370 valence electrons. The number of aliphatic hydroxyl groups is 9. The molecule has 3 heterocycles. The van der Waals surface area contributed by atoms with Crippen LogP contribution in [0.4, 0.5) is 0 Å². The molecule has 7 fully saturated rings. The topological polar surface area (TPSA) is 292 Å². The summed E-state index contributed by atoms with van der Waals surface area (Å²) in [7, 11) is 0. The van der Waals surface area contributed by atoms with Gasteiger partial charge in [0.25, 0.3) is 0 Å². The van der Waals surface area contributed by atoms with Gasteiger partial charge in [-0.1, -0.05) is 54.0 Å². The van der Waals surface area contributed by atoms with E-state index >= 15 is 4.79 Å². The van der Waals surface area contributed by atoms with Gasteiger partial charge in [0.1, 0.15) is 54.9 Å². The van der Waals surface area contributed by atoms with Crippen LogP contribution in [0.3, 0.4) is 0 Å². The molecule has 10 N–H and O–H groups in total. The minimum Gasteiger partial charge on any atom is -0.479 e. The Morgan fingerprint density at radius 2 is 1.37 bits per heavy atom. The number of ether oxygens (including phenoxy) is 6. The molecule has 0 unspecified atom stereocenters. The first-order valence-corrected chi connectivity index (χ1v) is 23.6. The molecule has 0 aromatic carbocycles. The first-order valence-electron chi connectivity index (χ1n) is 23.6. The Balaban J connectivity index is 1.08. The lowest BCUT2D eigenvalue weighted by molar-refractivity contribution is -0.367. The summed E-state index contributed by atoms with van der Waals surface area (Å²) in [5.41, 5.74) is -2.14. The number of aliphatic carboxylic acids is 1. The highest BCUT2D eigenvalue weighted by Crippen LogP contribution is 2.75. The van der Waals surface area contributed by atoms with Crippen LogP contribution in [0, 0.1) is 50.2 Å². The molecule has 0 aromatic heterocycles. The quantitative estimate of drug-likeness (QED) is 0.149. The van der Waals surface area contributed by atoms with Crippen LogP contribution in [0.1, 0.15) is 107 Å². The molecular formula is C47H74O18. The summed E-state index contributed by atoms with van der Waals surface area (Å²) in [5, 5.41) is 106. The molecule has 4 saturated carbocycles. The maximum atomic E-state index is 15.2. The highest BCUT2D eigenvalue weighted by molar-refractivity contribution is 5.95. The number of allylic oxidation sites excluding steroid dienone is 2. The largest absolute Gasteiger partial charge is 0.479 e. The standard InChI is InChI=1S/C47H74O18/c1-20-28(51)30(53)34(57)40(61-20)63-27-17-42(2,3)16-22-21-15-23(49)37-44(5)11-10-26(45(6,19-48)25(44)9-12-47(37,8)46(21,7)14-13-43(22,27)4)62-41-36(32(55)31(54)35(64-41)38(58)59)65-39-33(56)29(52)24(50)18-60-39/h15,20,22,24-37,39-41,48,50-57H,9-14,16-19H2,1-8H3,(H,58,59)/t20-,22-,24+,25+,26-,27+,28-,29-,30+,31-,32-,33+,34+,35-,36+,37+,39-,40-,41+,43+,44-,45+,46+,47+/m0/s1. The van der Waals surface area contributed by atoms with Gasteiger partial charge in [0.05, 0.1) is 31.5 Å². The van der Waals surface area contributed by atoms with Crippen LogP contribution in [0.25, 0.3) is 0 Å². The Labute approximate surface area is 380 Å². The molecule has 8 aliphatic rings. The van der Waals surface area contributed by atoms with E-state index < -0.39 is 144 Å². The van der Waals surface area contributed by atoms with Gasteiger partial charge < -0.3 is 79.5 Å². The van der Waals surface area contributed by atoms with Gasteiger partial charge in [-0.2, -0.15) is 0 Å². The maximum Gasteiger partial charge on any atom is 0.335 e. The van der Waals surface area contributed by atoms with Crippen LogP contribution >= 0.6 is 0 Å². The van der Waals surface area contributed by atoms with Gasteiger partial charge in [-0.3, -0.25) is 4.79 Å². The molecule has 65 heavy (non-hydrogen) atoms.